The lowest BCUT2D eigenvalue weighted by atomic mass is 10.0. The molecule has 4 aromatic rings. The fourth-order valence-electron chi connectivity index (χ4n) is 4.00. The second-order valence-corrected chi connectivity index (χ2v) is 7.36. The van der Waals surface area contributed by atoms with Crippen LogP contribution in [0.25, 0.3) is 10.8 Å². The Morgan fingerprint density at radius 1 is 0.774 bits per heavy atom. The van der Waals surface area contributed by atoms with E-state index in [2.05, 4.69) is 5.32 Å². The molecular weight excluding hydrogens is 388 g/mol. The average molecular weight is 406 g/mol. The predicted molar refractivity (Wildman–Crippen MR) is 121 cm³/mol. The quantitative estimate of drug-likeness (QED) is 0.490. The van der Waals surface area contributed by atoms with Crippen molar-refractivity contribution in [3.05, 3.63) is 108 Å². The number of carbonyl (C=O) groups is 3. The highest BCUT2D eigenvalue weighted by Crippen LogP contribution is 2.37. The van der Waals surface area contributed by atoms with E-state index in [4.69, 9.17) is 0 Å². The van der Waals surface area contributed by atoms with Gasteiger partial charge >= 0.3 is 0 Å². The molecule has 150 valence electrons. The van der Waals surface area contributed by atoms with Crippen molar-refractivity contribution in [2.45, 2.75) is 0 Å². The first-order chi connectivity index (χ1) is 15.1. The molecule has 0 atom stereocenters. The number of nitrogens with one attached hydrogen (secondary N) is 1. The zero-order chi connectivity index (χ0) is 21.4. The van der Waals surface area contributed by atoms with Gasteiger partial charge in [-0.25, -0.2) is 0 Å². The molecule has 5 nitrogen and oxygen atoms in total. The lowest BCUT2D eigenvalue weighted by Crippen LogP contribution is -2.35. The van der Waals surface area contributed by atoms with E-state index in [1.54, 1.807) is 54.6 Å². The number of nitrogens with zero attached hydrogens (tertiary/aromatic N) is 1. The molecule has 1 aliphatic rings. The number of rotatable bonds is 5. The van der Waals surface area contributed by atoms with Crippen molar-refractivity contribution in [1.29, 1.82) is 0 Å². The first kappa shape index (κ1) is 18.8. The molecule has 0 saturated heterocycles. The predicted octanol–water partition coefficient (Wildman–Crippen LogP) is 4.67. The topological polar surface area (TPSA) is 66.5 Å². The minimum absolute atomic E-state index is 0.138. The summed E-state index contributed by atoms with van der Waals surface area (Å²) in [4.78, 5) is 40.2. The van der Waals surface area contributed by atoms with E-state index >= 15 is 0 Å². The third-order valence-electron chi connectivity index (χ3n) is 5.43. The highest BCUT2D eigenvalue weighted by molar-refractivity contribution is 6.26. The maximum atomic E-state index is 12.9. The van der Waals surface area contributed by atoms with Gasteiger partial charge in [0.25, 0.3) is 5.91 Å². The Morgan fingerprint density at radius 3 is 2.29 bits per heavy atom. The average Bonchev–Trinajstić information content (AvgIpc) is 3.07. The van der Waals surface area contributed by atoms with Crippen molar-refractivity contribution >= 4 is 39.7 Å². The molecule has 0 unspecified atom stereocenters. The van der Waals surface area contributed by atoms with Crippen LogP contribution in [0.1, 0.15) is 26.3 Å². The summed E-state index contributed by atoms with van der Waals surface area (Å²) in [5, 5.41) is 4.64. The molecule has 0 bridgehead atoms. The summed E-state index contributed by atoms with van der Waals surface area (Å²) >= 11 is 0. The third-order valence-corrected chi connectivity index (χ3v) is 5.43. The van der Waals surface area contributed by atoms with Gasteiger partial charge in [-0.1, -0.05) is 66.7 Å². The van der Waals surface area contributed by atoms with E-state index in [0.29, 0.717) is 22.4 Å². The van der Waals surface area contributed by atoms with Crippen LogP contribution in [0.3, 0.4) is 0 Å². The van der Waals surface area contributed by atoms with Gasteiger partial charge in [0.15, 0.2) is 5.78 Å². The summed E-state index contributed by atoms with van der Waals surface area (Å²) in [5.41, 5.74) is 2.69. The Morgan fingerprint density at radius 2 is 1.48 bits per heavy atom. The molecule has 5 rings (SSSR count). The Kier molecular flexibility index (Phi) is 4.56. The van der Waals surface area contributed by atoms with Gasteiger partial charge in [0, 0.05) is 22.1 Å². The molecule has 0 saturated carbocycles. The Hall–Kier alpha value is -4.25. The lowest BCUT2D eigenvalue weighted by molar-refractivity contribution is -0.114. The van der Waals surface area contributed by atoms with Crippen LogP contribution in [0.15, 0.2) is 91.0 Å². The Labute approximate surface area is 178 Å². The zero-order valence-electron chi connectivity index (χ0n) is 16.5. The second kappa shape index (κ2) is 7.54. The summed E-state index contributed by atoms with van der Waals surface area (Å²) in [6, 6.07) is 27.0. The number of para-hydroxylation sites is 1. The van der Waals surface area contributed by atoms with Crippen LogP contribution in [-0.4, -0.2) is 24.1 Å². The van der Waals surface area contributed by atoms with Crippen LogP contribution < -0.4 is 10.2 Å². The van der Waals surface area contributed by atoms with Crippen LogP contribution in [0.4, 0.5) is 11.4 Å². The molecule has 0 aliphatic carbocycles. The number of hydrogen-bond donors (Lipinski definition) is 1. The normalized spacial score (nSPS) is 12.3. The summed E-state index contributed by atoms with van der Waals surface area (Å²) in [6.45, 7) is -0.138. The fraction of sp³-hybridized carbons (Fsp3) is 0.0385. The van der Waals surface area contributed by atoms with Crippen LogP contribution in [0, 0.1) is 0 Å². The lowest BCUT2D eigenvalue weighted by Gasteiger charge is -2.18. The van der Waals surface area contributed by atoms with Gasteiger partial charge in [-0.05, 0) is 29.7 Å². The van der Waals surface area contributed by atoms with E-state index in [1.807, 2.05) is 36.4 Å². The molecule has 1 aliphatic heterocycles. The number of hydrogen-bond acceptors (Lipinski definition) is 3. The number of amides is 2. The van der Waals surface area contributed by atoms with Gasteiger partial charge in [-0.15, -0.1) is 0 Å². The number of benzene rings is 4. The van der Waals surface area contributed by atoms with Gasteiger partial charge < -0.3 is 5.32 Å². The molecule has 4 aromatic carbocycles. The Bertz CT molecular complexity index is 1340. The maximum Gasteiger partial charge on any atom is 0.259 e. The van der Waals surface area contributed by atoms with Crippen LogP contribution in [0.5, 0.6) is 0 Å². The number of carbonyl (C=O) groups excluding carboxylic acids is 3. The minimum atomic E-state index is -0.369. The van der Waals surface area contributed by atoms with Crippen molar-refractivity contribution < 1.29 is 14.4 Å². The molecule has 1 N–H and O–H groups in total. The number of anilines is 2. The molecular formula is C26H18N2O3. The minimum Gasteiger partial charge on any atom is -0.324 e. The van der Waals surface area contributed by atoms with Gasteiger partial charge in [-0.3, -0.25) is 19.3 Å². The van der Waals surface area contributed by atoms with Crippen molar-refractivity contribution in [2.75, 3.05) is 16.8 Å². The van der Waals surface area contributed by atoms with E-state index in [1.165, 1.54) is 4.90 Å². The third kappa shape index (κ3) is 3.26. The fourth-order valence-corrected chi connectivity index (χ4v) is 4.00. The molecule has 31 heavy (non-hydrogen) atoms. The monoisotopic (exact) mass is 406 g/mol. The van der Waals surface area contributed by atoms with Gasteiger partial charge in [0.1, 0.15) is 6.54 Å². The molecule has 0 radical (unpaired) electrons. The molecule has 0 fully saturated rings. The summed E-state index contributed by atoms with van der Waals surface area (Å²) in [5.74, 6) is -0.743. The van der Waals surface area contributed by atoms with Crippen molar-refractivity contribution in [3.63, 3.8) is 0 Å². The van der Waals surface area contributed by atoms with Gasteiger partial charge in [-0.2, -0.15) is 0 Å². The van der Waals surface area contributed by atoms with E-state index in [-0.39, 0.29) is 24.1 Å². The van der Waals surface area contributed by atoms with E-state index < -0.39 is 0 Å². The van der Waals surface area contributed by atoms with Crippen LogP contribution in [-0.2, 0) is 4.79 Å². The highest BCUT2D eigenvalue weighted by atomic mass is 16.2. The maximum absolute atomic E-state index is 12.9. The van der Waals surface area contributed by atoms with E-state index in [0.717, 1.165) is 16.5 Å². The molecule has 5 heteroatoms. The molecule has 1 heterocycles. The second-order valence-electron chi connectivity index (χ2n) is 7.36. The summed E-state index contributed by atoms with van der Waals surface area (Å²) in [7, 11) is 0. The largest absolute Gasteiger partial charge is 0.324 e. The van der Waals surface area contributed by atoms with Gasteiger partial charge in [0.2, 0.25) is 5.91 Å². The van der Waals surface area contributed by atoms with Gasteiger partial charge in [0.05, 0.1) is 11.4 Å². The first-order valence-corrected chi connectivity index (χ1v) is 9.96. The highest BCUT2D eigenvalue weighted by Gasteiger charge is 2.31. The van der Waals surface area contributed by atoms with Crippen molar-refractivity contribution in [1.82, 2.24) is 0 Å². The van der Waals surface area contributed by atoms with Crippen LogP contribution in [0.2, 0.25) is 0 Å². The zero-order valence-corrected chi connectivity index (χ0v) is 16.5. The Balaban J connectivity index is 1.40. The SMILES string of the molecule is O=C(CN1C(=O)c2cccc3cccc1c23)Nc1ccccc1C(=O)c1ccccc1. The van der Waals surface area contributed by atoms with Crippen LogP contribution >= 0.6 is 0 Å². The molecule has 0 spiro atoms. The van der Waals surface area contributed by atoms with Crippen molar-refractivity contribution in [2.24, 2.45) is 0 Å². The smallest absolute Gasteiger partial charge is 0.259 e. The van der Waals surface area contributed by atoms with Crippen molar-refractivity contribution in [3.8, 4) is 0 Å². The van der Waals surface area contributed by atoms with E-state index in [9.17, 15) is 14.4 Å². The summed E-state index contributed by atoms with van der Waals surface area (Å²) < 4.78 is 0. The summed E-state index contributed by atoms with van der Waals surface area (Å²) in [6.07, 6.45) is 0. The number of ketones is 1. The molecule has 2 amide bonds. The standard InChI is InChI=1S/C26H18N2O3/c29-23(16-28-22-15-7-11-17-10-6-13-20(24(17)22)26(28)31)27-21-14-5-4-12-19(21)25(30)18-8-2-1-3-9-18/h1-15H,16H2,(H,27,29). The first-order valence-electron chi connectivity index (χ1n) is 9.96. The molecule has 0 aromatic heterocycles.